The zero-order valence-electron chi connectivity index (χ0n) is 10.5. The van der Waals surface area contributed by atoms with Crippen molar-refractivity contribution in [1.82, 2.24) is 4.98 Å². The number of hydrogen-bond acceptors (Lipinski definition) is 2. The van der Waals surface area contributed by atoms with Gasteiger partial charge in [0.1, 0.15) is 5.75 Å². The van der Waals surface area contributed by atoms with Gasteiger partial charge in [0.2, 0.25) is 0 Å². The first-order chi connectivity index (χ1) is 8.22. The molecule has 90 valence electrons. The summed E-state index contributed by atoms with van der Waals surface area (Å²) >= 11 is 0. The summed E-state index contributed by atoms with van der Waals surface area (Å²) in [5.74, 6) is 0.719. The predicted molar refractivity (Wildman–Crippen MR) is 69.9 cm³/mol. The largest absolute Gasteiger partial charge is 0.495 e. The predicted octanol–water partition coefficient (Wildman–Crippen LogP) is 2.66. The van der Waals surface area contributed by atoms with Gasteiger partial charge in [-0.3, -0.25) is 4.79 Å². The van der Waals surface area contributed by atoms with E-state index in [1.165, 1.54) is 0 Å². The number of fused-ring (bicyclic) bond motifs is 1. The number of aryl methyl sites for hydroxylation is 1. The summed E-state index contributed by atoms with van der Waals surface area (Å²) < 4.78 is 5.29. The molecule has 3 nitrogen and oxygen atoms in total. The van der Waals surface area contributed by atoms with Gasteiger partial charge in [-0.15, -0.1) is 0 Å². The van der Waals surface area contributed by atoms with Crippen LogP contribution in [-0.2, 0) is 12.8 Å². The minimum absolute atomic E-state index is 0.122. The van der Waals surface area contributed by atoms with Crippen LogP contribution < -0.4 is 10.2 Å². The lowest BCUT2D eigenvalue weighted by molar-refractivity contribution is 0.418. The molecule has 0 fully saturated rings. The summed E-state index contributed by atoms with van der Waals surface area (Å²) in [5, 5.41) is 0.707. The molecular weight excluding hydrogens is 214 g/mol. The van der Waals surface area contributed by atoms with E-state index in [4.69, 9.17) is 4.74 Å². The molecule has 0 saturated heterocycles. The zero-order valence-corrected chi connectivity index (χ0v) is 10.5. The van der Waals surface area contributed by atoms with Crippen LogP contribution in [0.1, 0.15) is 25.1 Å². The van der Waals surface area contributed by atoms with E-state index in [0.717, 1.165) is 35.4 Å². The number of methoxy groups -OCH3 is 1. The average molecular weight is 231 g/mol. The molecule has 0 radical (unpaired) electrons. The van der Waals surface area contributed by atoms with Crippen LogP contribution in [0.25, 0.3) is 10.9 Å². The van der Waals surface area contributed by atoms with Crippen molar-refractivity contribution in [3.63, 3.8) is 0 Å². The van der Waals surface area contributed by atoms with Crippen LogP contribution in [0.3, 0.4) is 0 Å². The molecule has 1 aromatic carbocycles. The van der Waals surface area contributed by atoms with Gasteiger partial charge in [0.25, 0.3) is 0 Å². The molecule has 0 bridgehead atoms. The third-order valence-electron chi connectivity index (χ3n) is 3.11. The van der Waals surface area contributed by atoms with Gasteiger partial charge >= 0.3 is 0 Å². The van der Waals surface area contributed by atoms with E-state index in [9.17, 15) is 4.79 Å². The van der Waals surface area contributed by atoms with Gasteiger partial charge in [-0.2, -0.15) is 0 Å². The van der Waals surface area contributed by atoms with Crippen LogP contribution in [0, 0.1) is 0 Å². The van der Waals surface area contributed by atoms with Gasteiger partial charge in [-0.1, -0.05) is 19.9 Å². The van der Waals surface area contributed by atoms with Crippen molar-refractivity contribution >= 4 is 10.9 Å². The molecule has 1 N–H and O–H groups in total. The first-order valence-electron chi connectivity index (χ1n) is 5.93. The van der Waals surface area contributed by atoms with E-state index in [0.29, 0.717) is 5.39 Å². The fourth-order valence-electron chi connectivity index (χ4n) is 2.22. The first kappa shape index (κ1) is 11.7. The van der Waals surface area contributed by atoms with Crippen LogP contribution in [-0.4, -0.2) is 12.1 Å². The highest BCUT2D eigenvalue weighted by Crippen LogP contribution is 2.22. The molecule has 0 aliphatic rings. The molecule has 17 heavy (non-hydrogen) atoms. The molecule has 0 amide bonds. The van der Waals surface area contributed by atoms with Gasteiger partial charge in [0.05, 0.1) is 12.6 Å². The lowest BCUT2D eigenvalue weighted by Crippen LogP contribution is -2.14. The second-order valence-corrected chi connectivity index (χ2v) is 4.00. The van der Waals surface area contributed by atoms with Crippen LogP contribution in [0.2, 0.25) is 0 Å². The monoisotopic (exact) mass is 231 g/mol. The molecule has 0 unspecified atom stereocenters. The normalized spacial score (nSPS) is 10.8. The molecule has 2 aromatic rings. The summed E-state index contributed by atoms with van der Waals surface area (Å²) in [6.07, 6.45) is 1.58. The van der Waals surface area contributed by atoms with E-state index in [1.54, 1.807) is 7.11 Å². The van der Waals surface area contributed by atoms with Crippen molar-refractivity contribution in [2.24, 2.45) is 0 Å². The number of aromatic nitrogens is 1. The Kier molecular flexibility index (Phi) is 3.18. The fraction of sp³-hybridized carbons (Fsp3) is 0.357. The molecule has 0 spiro atoms. The Morgan fingerprint density at radius 3 is 2.59 bits per heavy atom. The van der Waals surface area contributed by atoms with Crippen LogP contribution in [0.5, 0.6) is 5.75 Å². The Bertz CT molecular complexity index is 599. The number of aromatic amines is 1. The van der Waals surface area contributed by atoms with Crippen molar-refractivity contribution in [2.45, 2.75) is 26.7 Å². The SMILES string of the molecule is CCc1[nH]c2c(OC)cccc2c(=O)c1CC. The minimum Gasteiger partial charge on any atom is -0.495 e. The lowest BCUT2D eigenvalue weighted by Gasteiger charge is -2.10. The maximum absolute atomic E-state index is 12.3. The maximum Gasteiger partial charge on any atom is 0.192 e. The quantitative estimate of drug-likeness (QED) is 0.882. The van der Waals surface area contributed by atoms with Gasteiger partial charge in [-0.05, 0) is 25.0 Å². The summed E-state index contributed by atoms with van der Waals surface area (Å²) in [5.41, 5.74) is 2.81. The number of nitrogens with one attached hydrogen (secondary N) is 1. The Morgan fingerprint density at radius 2 is 2.00 bits per heavy atom. The van der Waals surface area contributed by atoms with Crippen molar-refractivity contribution in [2.75, 3.05) is 7.11 Å². The first-order valence-corrected chi connectivity index (χ1v) is 5.93. The third-order valence-corrected chi connectivity index (χ3v) is 3.11. The van der Waals surface area contributed by atoms with Crippen molar-refractivity contribution in [3.8, 4) is 5.75 Å². The maximum atomic E-state index is 12.3. The highest BCUT2D eigenvalue weighted by molar-refractivity contribution is 5.85. The number of para-hydroxylation sites is 1. The molecule has 3 heteroatoms. The standard InChI is InChI=1S/C14H17NO2/c1-4-9-11(5-2)15-13-10(14(9)16)7-6-8-12(13)17-3/h6-8H,4-5H2,1-3H3,(H,15,16). The van der Waals surface area contributed by atoms with E-state index >= 15 is 0 Å². The number of benzene rings is 1. The fourth-order valence-corrected chi connectivity index (χ4v) is 2.22. The Morgan fingerprint density at radius 1 is 1.24 bits per heavy atom. The molecule has 1 aromatic heterocycles. The second-order valence-electron chi connectivity index (χ2n) is 4.00. The highest BCUT2D eigenvalue weighted by atomic mass is 16.5. The van der Waals surface area contributed by atoms with E-state index in [1.807, 2.05) is 32.0 Å². The van der Waals surface area contributed by atoms with Gasteiger partial charge in [0, 0.05) is 16.6 Å². The zero-order chi connectivity index (χ0) is 12.4. The number of hydrogen-bond donors (Lipinski definition) is 1. The van der Waals surface area contributed by atoms with Crippen molar-refractivity contribution in [1.29, 1.82) is 0 Å². The number of H-pyrrole nitrogens is 1. The molecule has 1 heterocycles. The van der Waals surface area contributed by atoms with Crippen LogP contribution in [0.15, 0.2) is 23.0 Å². The minimum atomic E-state index is 0.122. The summed E-state index contributed by atoms with van der Waals surface area (Å²) in [7, 11) is 1.62. The Hall–Kier alpha value is -1.77. The molecule has 0 aliphatic carbocycles. The summed E-state index contributed by atoms with van der Waals surface area (Å²) in [6, 6.07) is 5.56. The number of ether oxygens (including phenoxy) is 1. The van der Waals surface area contributed by atoms with Gasteiger partial charge in [0.15, 0.2) is 5.43 Å². The Labute approximate surface area is 100 Å². The van der Waals surface area contributed by atoms with Crippen LogP contribution in [0.4, 0.5) is 0 Å². The molecule has 0 saturated carbocycles. The lowest BCUT2D eigenvalue weighted by atomic mass is 10.0. The van der Waals surface area contributed by atoms with Gasteiger partial charge in [-0.25, -0.2) is 0 Å². The second kappa shape index (κ2) is 4.62. The van der Waals surface area contributed by atoms with Crippen molar-refractivity contribution in [3.05, 3.63) is 39.7 Å². The highest BCUT2D eigenvalue weighted by Gasteiger charge is 2.11. The van der Waals surface area contributed by atoms with E-state index < -0.39 is 0 Å². The molecular formula is C14H17NO2. The molecule has 2 rings (SSSR count). The van der Waals surface area contributed by atoms with E-state index in [-0.39, 0.29) is 5.43 Å². The summed E-state index contributed by atoms with van der Waals surface area (Å²) in [6.45, 7) is 4.06. The third kappa shape index (κ3) is 1.82. The van der Waals surface area contributed by atoms with Crippen LogP contribution >= 0.6 is 0 Å². The summed E-state index contributed by atoms with van der Waals surface area (Å²) in [4.78, 5) is 15.7. The molecule has 0 atom stereocenters. The Balaban J connectivity index is 2.90. The van der Waals surface area contributed by atoms with Crippen molar-refractivity contribution < 1.29 is 4.74 Å². The van der Waals surface area contributed by atoms with E-state index in [2.05, 4.69) is 4.98 Å². The smallest absolute Gasteiger partial charge is 0.192 e. The number of rotatable bonds is 3. The topological polar surface area (TPSA) is 42.1 Å². The average Bonchev–Trinajstić information content (AvgIpc) is 2.37. The van der Waals surface area contributed by atoms with Gasteiger partial charge < -0.3 is 9.72 Å². The number of pyridine rings is 1. The molecule has 0 aliphatic heterocycles.